The molecule has 0 amide bonds. The smallest absolute Gasteiger partial charge is 0.115 e. The van der Waals surface area contributed by atoms with Crippen LogP contribution >= 0.6 is 0 Å². The third kappa shape index (κ3) is 1.99. The summed E-state index contributed by atoms with van der Waals surface area (Å²) in [7, 11) is 0. The van der Waals surface area contributed by atoms with Crippen LogP contribution in [0.2, 0.25) is 0 Å². The first-order chi connectivity index (χ1) is 6.36. The molecule has 1 atom stereocenters. The molecule has 0 radical (unpaired) electrons. The van der Waals surface area contributed by atoms with Gasteiger partial charge in [-0.15, -0.1) is 0 Å². The molecule has 13 heavy (non-hydrogen) atoms. The first-order valence-electron chi connectivity index (χ1n) is 4.46. The van der Waals surface area contributed by atoms with Gasteiger partial charge in [-0.25, -0.2) is 0 Å². The Morgan fingerprint density at radius 1 is 1.31 bits per heavy atom. The molecule has 70 valence electrons. The van der Waals surface area contributed by atoms with Crippen LogP contribution in [0.15, 0.2) is 24.3 Å². The van der Waals surface area contributed by atoms with E-state index >= 15 is 0 Å². The van der Waals surface area contributed by atoms with E-state index in [2.05, 4.69) is 5.32 Å². The van der Waals surface area contributed by atoms with Gasteiger partial charge < -0.3 is 15.2 Å². The van der Waals surface area contributed by atoms with Gasteiger partial charge >= 0.3 is 0 Å². The Balaban J connectivity index is 2.10. The monoisotopic (exact) mass is 179 g/mol. The van der Waals surface area contributed by atoms with Gasteiger partial charge in [-0.2, -0.15) is 0 Å². The van der Waals surface area contributed by atoms with E-state index in [4.69, 9.17) is 9.84 Å². The van der Waals surface area contributed by atoms with Crippen molar-refractivity contribution in [2.75, 3.05) is 19.8 Å². The first-order valence-corrected chi connectivity index (χ1v) is 4.46. The Hall–Kier alpha value is -1.06. The summed E-state index contributed by atoms with van der Waals surface area (Å²) in [6.45, 7) is 2.39. The fourth-order valence-corrected chi connectivity index (χ4v) is 1.49. The summed E-state index contributed by atoms with van der Waals surface area (Å²) >= 11 is 0. The maximum atomic E-state index is 9.10. The summed E-state index contributed by atoms with van der Waals surface area (Å²) in [5.74, 6) is 0.306. The lowest BCUT2D eigenvalue weighted by Crippen LogP contribution is -2.34. The fourth-order valence-electron chi connectivity index (χ4n) is 1.49. The van der Waals surface area contributed by atoms with E-state index in [1.807, 2.05) is 12.1 Å². The van der Waals surface area contributed by atoms with E-state index < -0.39 is 0 Å². The number of aromatic hydroxyl groups is 1. The summed E-state index contributed by atoms with van der Waals surface area (Å²) in [4.78, 5) is 0. The molecule has 0 aliphatic carbocycles. The second kappa shape index (κ2) is 3.77. The van der Waals surface area contributed by atoms with Gasteiger partial charge in [0.2, 0.25) is 0 Å². The summed E-state index contributed by atoms with van der Waals surface area (Å²) in [6.07, 6.45) is 0. The molecular weight excluding hydrogens is 166 g/mol. The second-order valence-electron chi connectivity index (χ2n) is 3.17. The van der Waals surface area contributed by atoms with E-state index in [9.17, 15) is 0 Å². The summed E-state index contributed by atoms with van der Waals surface area (Å²) in [6, 6.07) is 7.51. The van der Waals surface area contributed by atoms with E-state index in [1.165, 1.54) is 0 Å². The van der Waals surface area contributed by atoms with Gasteiger partial charge in [0.05, 0.1) is 19.3 Å². The van der Waals surface area contributed by atoms with Gasteiger partial charge in [0.25, 0.3) is 0 Å². The number of rotatable bonds is 1. The van der Waals surface area contributed by atoms with Gasteiger partial charge in [-0.1, -0.05) is 12.1 Å². The number of nitrogens with one attached hydrogen (secondary N) is 1. The van der Waals surface area contributed by atoms with Crippen LogP contribution in [-0.2, 0) is 4.74 Å². The SMILES string of the molecule is Oc1ccc([C@@H]2COCCN2)cc1. The highest BCUT2D eigenvalue weighted by molar-refractivity contribution is 5.28. The number of phenolic OH excluding ortho intramolecular Hbond substituents is 1. The third-order valence-electron chi connectivity index (χ3n) is 2.22. The Bertz CT molecular complexity index is 265. The molecule has 3 nitrogen and oxygen atoms in total. The molecule has 0 spiro atoms. The summed E-state index contributed by atoms with van der Waals surface area (Å²) < 4.78 is 5.34. The average Bonchev–Trinajstić information content (AvgIpc) is 2.20. The van der Waals surface area contributed by atoms with Crippen molar-refractivity contribution in [1.82, 2.24) is 5.32 Å². The van der Waals surface area contributed by atoms with Crippen molar-refractivity contribution in [3.05, 3.63) is 29.8 Å². The number of phenols is 1. The Labute approximate surface area is 77.3 Å². The van der Waals surface area contributed by atoms with Crippen LogP contribution in [0.4, 0.5) is 0 Å². The maximum Gasteiger partial charge on any atom is 0.115 e. The largest absolute Gasteiger partial charge is 0.508 e. The molecule has 1 aromatic rings. The Kier molecular flexibility index (Phi) is 2.47. The summed E-state index contributed by atoms with van der Waals surface area (Å²) in [5.41, 5.74) is 1.16. The van der Waals surface area contributed by atoms with E-state index in [0.717, 1.165) is 18.7 Å². The fraction of sp³-hybridized carbons (Fsp3) is 0.400. The van der Waals surface area contributed by atoms with Crippen LogP contribution in [0.25, 0.3) is 0 Å². The van der Waals surface area contributed by atoms with Crippen molar-refractivity contribution in [1.29, 1.82) is 0 Å². The van der Waals surface area contributed by atoms with Crippen molar-refractivity contribution in [2.45, 2.75) is 6.04 Å². The minimum Gasteiger partial charge on any atom is -0.508 e. The van der Waals surface area contributed by atoms with Gasteiger partial charge in [-0.3, -0.25) is 0 Å². The number of morpholine rings is 1. The predicted octanol–water partition coefficient (Wildman–Crippen LogP) is 1.05. The third-order valence-corrected chi connectivity index (χ3v) is 2.22. The molecule has 1 aromatic carbocycles. The standard InChI is InChI=1S/C10H13NO2/c12-9-3-1-8(2-4-9)10-7-13-6-5-11-10/h1-4,10-12H,5-7H2/t10-/m0/s1. The van der Waals surface area contributed by atoms with Gasteiger partial charge in [0.1, 0.15) is 5.75 Å². The highest BCUT2D eigenvalue weighted by Crippen LogP contribution is 2.18. The molecule has 0 unspecified atom stereocenters. The molecule has 0 aromatic heterocycles. The van der Waals surface area contributed by atoms with Crippen molar-refractivity contribution in [3.8, 4) is 5.75 Å². The number of ether oxygens (including phenoxy) is 1. The van der Waals surface area contributed by atoms with Crippen LogP contribution in [0.1, 0.15) is 11.6 Å². The molecule has 1 heterocycles. The van der Waals surface area contributed by atoms with Gasteiger partial charge in [-0.05, 0) is 17.7 Å². The lowest BCUT2D eigenvalue weighted by Gasteiger charge is -2.24. The molecule has 1 saturated heterocycles. The van der Waals surface area contributed by atoms with E-state index in [-0.39, 0.29) is 6.04 Å². The molecular formula is C10H13NO2. The zero-order valence-electron chi connectivity index (χ0n) is 7.36. The number of hydrogen-bond acceptors (Lipinski definition) is 3. The van der Waals surface area contributed by atoms with Crippen LogP contribution in [0.5, 0.6) is 5.75 Å². The van der Waals surface area contributed by atoms with Crippen LogP contribution < -0.4 is 5.32 Å². The topological polar surface area (TPSA) is 41.5 Å². The second-order valence-corrected chi connectivity index (χ2v) is 3.17. The van der Waals surface area contributed by atoms with Crippen molar-refractivity contribution in [2.24, 2.45) is 0 Å². The zero-order chi connectivity index (χ0) is 9.10. The van der Waals surface area contributed by atoms with Crippen molar-refractivity contribution >= 4 is 0 Å². The number of hydrogen-bond donors (Lipinski definition) is 2. The maximum absolute atomic E-state index is 9.10. The summed E-state index contributed by atoms with van der Waals surface area (Å²) in [5, 5.41) is 12.5. The van der Waals surface area contributed by atoms with Crippen LogP contribution in [0.3, 0.4) is 0 Å². The van der Waals surface area contributed by atoms with Crippen LogP contribution in [-0.4, -0.2) is 24.9 Å². The van der Waals surface area contributed by atoms with E-state index in [1.54, 1.807) is 12.1 Å². The minimum atomic E-state index is 0.273. The predicted molar refractivity (Wildman–Crippen MR) is 49.7 cm³/mol. The van der Waals surface area contributed by atoms with Gasteiger partial charge in [0, 0.05) is 6.54 Å². The Morgan fingerprint density at radius 3 is 2.69 bits per heavy atom. The quantitative estimate of drug-likeness (QED) is 0.677. The normalized spacial score (nSPS) is 22.9. The first kappa shape index (κ1) is 8.53. The van der Waals surface area contributed by atoms with Crippen molar-refractivity contribution < 1.29 is 9.84 Å². The van der Waals surface area contributed by atoms with Crippen LogP contribution in [0, 0.1) is 0 Å². The lowest BCUT2D eigenvalue weighted by molar-refractivity contribution is 0.0768. The molecule has 1 fully saturated rings. The molecule has 1 aliphatic rings. The molecule has 3 heteroatoms. The minimum absolute atomic E-state index is 0.273. The van der Waals surface area contributed by atoms with E-state index in [0.29, 0.717) is 12.4 Å². The molecule has 0 bridgehead atoms. The average molecular weight is 179 g/mol. The molecule has 2 rings (SSSR count). The van der Waals surface area contributed by atoms with Crippen molar-refractivity contribution in [3.63, 3.8) is 0 Å². The van der Waals surface area contributed by atoms with Gasteiger partial charge in [0.15, 0.2) is 0 Å². The molecule has 1 aliphatic heterocycles. The highest BCUT2D eigenvalue weighted by atomic mass is 16.5. The Morgan fingerprint density at radius 2 is 2.08 bits per heavy atom. The lowest BCUT2D eigenvalue weighted by atomic mass is 10.1. The highest BCUT2D eigenvalue weighted by Gasteiger charge is 2.14. The zero-order valence-corrected chi connectivity index (χ0v) is 7.36. The number of benzene rings is 1. The molecule has 0 saturated carbocycles. The molecule has 2 N–H and O–H groups in total.